The van der Waals surface area contributed by atoms with E-state index in [-0.39, 0.29) is 11.4 Å². The van der Waals surface area contributed by atoms with Gasteiger partial charge in [-0.2, -0.15) is 0 Å². The fraction of sp³-hybridized carbons (Fsp3) is 0.417. The van der Waals surface area contributed by atoms with E-state index in [1.807, 2.05) is 0 Å². The van der Waals surface area contributed by atoms with Crippen LogP contribution in [0, 0.1) is 10.1 Å². The summed E-state index contributed by atoms with van der Waals surface area (Å²) >= 11 is 6.18. The van der Waals surface area contributed by atoms with E-state index in [9.17, 15) is 14.9 Å². The molecule has 5 nitrogen and oxygen atoms in total. The number of carbonyl (C=O) groups is 1. The quantitative estimate of drug-likeness (QED) is 0.251. The molecule has 1 atom stereocenters. The van der Waals surface area contributed by atoms with Crippen molar-refractivity contribution in [1.82, 2.24) is 0 Å². The SMILES string of the molecule is COc1c(C(Cl)CCCC=O)cccc1[N+](=O)[O-]. The first kappa shape index (κ1) is 14.4. The standard InChI is InChI=1S/C12H14ClNO4/c1-18-12-9(10(13)6-2-3-8-15)5-4-7-11(12)14(16)17/h4-5,7-8,10H,2-3,6H2,1H3. The van der Waals surface area contributed by atoms with E-state index in [2.05, 4.69) is 0 Å². The number of carbonyl (C=O) groups excluding carboxylic acids is 1. The number of hydrogen-bond acceptors (Lipinski definition) is 4. The largest absolute Gasteiger partial charge is 0.490 e. The number of para-hydroxylation sites is 1. The molecule has 0 heterocycles. The number of rotatable bonds is 7. The summed E-state index contributed by atoms with van der Waals surface area (Å²) in [5.74, 6) is 0.189. The molecule has 0 saturated heterocycles. The Labute approximate surface area is 110 Å². The van der Waals surface area contributed by atoms with Crippen LogP contribution in [0.3, 0.4) is 0 Å². The molecule has 0 aromatic heterocycles. The molecule has 1 aromatic carbocycles. The number of halogens is 1. The van der Waals surface area contributed by atoms with Gasteiger partial charge in [-0.05, 0) is 12.8 Å². The molecule has 0 saturated carbocycles. The summed E-state index contributed by atoms with van der Waals surface area (Å²) in [6.45, 7) is 0. The summed E-state index contributed by atoms with van der Waals surface area (Å²) in [6.07, 6.45) is 2.47. The molecule has 0 fully saturated rings. The van der Waals surface area contributed by atoms with Crippen LogP contribution < -0.4 is 4.74 Å². The molecular formula is C12H14ClNO4. The molecule has 0 bridgehead atoms. The maximum atomic E-state index is 10.9. The lowest BCUT2D eigenvalue weighted by Crippen LogP contribution is -2.00. The van der Waals surface area contributed by atoms with Gasteiger partial charge in [-0.15, -0.1) is 11.6 Å². The van der Waals surface area contributed by atoms with Crippen molar-refractivity contribution < 1.29 is 14.5 Å². The van der Waals surface area contributed by atoms with E-state index in [4.69, 9.17) is 16.3 Å². The number of methoxy groups -OCH3 is 1. The molecule has 6 heteroatoms. The maximum absolute atomic E-state index is 10.9. The van der Waals surface area contributed by atoms with Gasteiger partial charge < -0.3 is 9.53 Å². The van der Waals surface area contributed by atoms with Crippen molar-refractivity contribution in [1.29, 1.82) is 0 Å². The van der Waals surface area contributed by atoms with Crippen LogP contribution in [0.25, 0.3) is 0 Å². The summed E-state index contributed by atoms with van der Waals surface area (Å²) in [6, 6.07) is 4.65. The summed E-state index contributed by atoms with van der Waals surface area (Å²) in [5, 5.41) is 10.4. The lowest BCUT2D eigenvalue weighted by atomic mass is 10.0. The summed E-state index contributed by atoms with van der Waals surface area (Å²) in [7, 11) is 1.38. The predicted octanol–water partition coefficient (Wildman–Crippen LogP) is 3.25. The van der Waals surface area contributed by atoms with E-state index >= 15 is 0 Å². The predicted molar refractivity (Wildman–Crippen MR) is 68.2 cm³/mol. The van der Waals surface area contributed by atoms with Crippen LogP contribution in [0.2, 0.25) is 0 Å². The van der Waals surface area contributed by atoms with Gasteiger partial charge in [0.25, 0.3) is 0 Å². The minimum atomic E-state index is -0.503. The Bertz CT molecular complexity index is 436. The van der Waals surface area contributed by atoms with Crippen LogP contribution >= 0.6 is 11.6 Å². The van der Waals surface area contributed by atoms with Gasteiger partial charge in [-0.3, -0.25) is 10.1 Å². The molecule has 18 heavy (non-hydrogen) atoms. The first-order valence-corrected chi connectivity index (χ1v) is 5.94. The van der Waals surface area contributed by atoms with E-state index in [1.54, 1.807) is 12.1 Å². The highest BCUT2D eigenvalue weighted by Crippen LogP contribution is 2.38. The van der Waals surface area contributed by atoms with Gasteiger partial charge in [-0.25, -0.2) is 0 Å². The Morgan fingerprint density at radius 3 is 2.83 bits per heavy atom. The van der Waals surface area contributed by atoms with Gasteiger partial charge >= 0.3 is 5.69 Å². The van der Waals surface area contributed by atoms with Gasteiger partial charge in [0.1, 0.15) is 6.29 Å². The van der Waals surface area contributed by atoms with Crippen LogP contribution in [-0.4, -0.2) is 18.3 Å². The highest BCUT2D eigenvalue weighted by Gasteiger charge is 2.22. The van der Waals surface area contributed by atoms with Crippen LogP contribution in [0.5, 0.6) is 5.75 Å². The van der Waals surface area contributed by atoms with Crippen LogP contribution in [0.15, 0.2) is 18.2 Å². The summed E-state index contributed by atoms with van der Waals surface area (Å²) in [5.41, 5.74) is 0.482. The second-order valence-corrected chi connectivity index (χ2v) is 4.25. The average molecular weight is 272 g/mol. The number of hydrogen-bond donors (Lipinski definition) is 0. The number of alkyl halides is 1. The zero-order valence-corrected chi connectivity index (χ0v) is 10.7. The highest BCUT2D eigenvalue weighted by molar-refractivity contribution is 6.21. The molecule has 0 aliphatic rings. The minimum Gasteiger partial charge on any atom is -0.490 e. The van der Waals surface area contributed by atoms with Crippen molar-refractivity contribution in [2.24, 2.45) is 0 Å². The van der Waals surface area contributed by atoms with Gasteiger partial charge in [0.15, 0.2) is 0 Å². The van der Waals surface area contributed by atoms with Crippen molar-refractivity contribution in [3.05, 3.63) is 33.9 Å². The average Bonchev–Trinajstić information content (AvgIpc) is 2.37. The lowest BCUT2D eigenvalue weighted by Gasteiger charge is -2.13. The van der Waals surface area contributed by atoms with Crippen molar-refractivity contribution in [3.8, 4) is 5.75 Å². The lowest BCUT2D eigenvalue weighted by molar-refractivity contribution is -0.385. The van der Waals surface area contributed by atoms with Gasteiger partial charge in [0.05, 0.1) is 17.4 Å². The third-order valence-electron chi connectivity index (χ3n) is 2.54. The number of benzene rings is 1. The maximum Gasteiger partial charge on any atom is 0.311 e. The number of ether oxygens (including phenoxy) is 1. The van der Waals surface area contributed by atoms with Crippen molar-refractivity contribution in [3.63, 3.8) is 0 Å². The Morgan fingerprint density at radius 2 is 2.28 bits per heavy atom. The normalized spacial score (nSPS) is 11.9. The molecule has 1 aromatic rings. The molecule has 1 rings (SSSR count). The zero-order chi connectivity index (χ0) is 13.5. The number of aldehydes is 1. The Morgan fingerprint density at radius 1 is 1.56 bits per heavy atom. The van der Waals surface area contributed by atoms with Crippen molar-refractivity contribution in [2.45, 2.75) is 24.6 Å². The van der Waals surface area contributed by atoms with Crippen molar-refractivity contribution >= 4 is 23.6 Å². The first-order chi connectivity index (χ1) is 8.61. The summed E-state index contributed by atoms with van der Waals surface area (Å²) in [4.78, 5) is 20.6. The minimum absolute atomic E-state index is 0.101. The molecule has 0 radical (unpaired) electrons. The van der Waals surface area contributed by atoms with Gasteiger partial charge in [-0.1, -0.05) is 12.1 Å². The highest BCUT2D eigenvalue weighted by atomic mass is 35.5. The Balaban J connectivity index is 2.96. The molecule has 0 N–H and O–H groups in total. The third-order valence-corrected chi connectivity index (χ3v) is 3.00. The van der Waals surface area contributed by atoms with Crippen LogP contribution in [-0.2, 0) is 4.79 Å². The molecule has 0 aliphatic heterocycles. The summed E-state index contributed by atoms with van der Waals surface area (Å²) < 4.78 is 5.07. The van der Waals surface area contributed by atoms with Crippen LogP contribution in [0.1, 0.15) is 30.2 Å². The molecule has 0 amide bonds. The smallest absolute Gasteiger partial charge is 0.311 e. The van der Waals surface area contributed by atoms with Crippen molar-refractivity contribution in [2.75, 3.05) is 7.11 Å². The van der Waals surface area contributed by atoms with E-state index < -0.39 is 10.3 Å². The van der Waals surface area contributed by atoms with E-state index in [0.29, 0.717) is 24.8 Å². The topological polar surface area (TPSA) is 69.4 Å². The molecule has 0 spiro atoms. The molecule has 1 unspecified atom stereocenters. The van der Waals surface area contributed by atoms with Gasteiger partial charge in [0.2, 0.25) is 5.75 Å². The number of nitrogens with zero attached hydrogens (tertiary/aromatic N) is 1. The second-order valence-electron chi connectivity index (χ2n) is 3.72. The fourth-order valence-corrected chi connectivity index (χ4v) is 2.02. The first-order valence-electron chi connectivity index (χ1n) is 5.50. The van der Waals surface area contributed by atoms with Crippen LogP contribution in [0.4, 0.5) is 5.69 Å². The molecule has 0 aliphatic carbocycles. The number of nitro groups is 1. The third kappa shape index (κ3) is 3.43. The monoisotopic (exact) mass is 271 g/mol. The Hall–Kier alpha value is -1.62. The molecule has 98 valence electrons. The Kier molecular flexibility index (Phi) is 5.58. The van der Waals surface area contributed by atoms with E-state index in [1.165, 1.54) is 13.2 Å². The fourth-order valence-electron chi connectivity index (χ4n) is 1.69. The zero-order valence-electron chi connectivity index (χ0n) is 9.97. The van der Waals surface area contributed by atoms with Gasteiger partial charge in [0, 0.05) is 18.1 Å². The number of unbranched alkanes of at least 4 members (excludes halogenated alkanes) is 1. The second kappa shape index (κ2) is 6.96. The molecular weight excluding hydrogens is 258 g/mol. The number of nitro benzene ring substituents is 1. The van der Waals surface area contributed by atoms with E-state index in [0.717, 1.165) is 6.29 Å².